The number of nitriles is 1. The van der Waals surface area contributed by atoms with Gasteiger partial charge in [-0.2, -0.15) is 5.26 Å². The summed E-state index contributed by atoms with van der Waals surface area (Å²) in [5.41, 5.74) is 3.65. The van der Waals surface area contributed by atoms with E-state index >= 15 is 0 Å². The second-order valence-electron chi connectivity index (χ2n) is 7.28. The molecule has 32 heavy (non-hydrogen) atoms. The first kappa shape index (κ1) is 21.3. The van der Waals surface area contributed by atoms with Gasteiger partial charge >= 0.3 is 5.97 Å². The highest BCUT2D eigenvalue weighted by Gasteiger charge is 2.30. The third-order valence-electron chi connectivity index (χ3n) is 5.16. The molecule has 0 unspecified atom stereocenters. The Morgan fingerprint density at radius 3 is 2.62 bits per heavy atom. The first-order valence-electron chi connectivity index (χ1n) is 10.0. The lowest BCUT2D eigenvalue weighted by Gasteiger charge is -2.19. The van der Waals surface area contributed by atoms with Gasteiger partial charge in [0.25, 0.3) is 10.0 Å². The van der Waals surface area contributed by atoms with E-state index in [9.17, 15) is 13.2 Å². The number of hydrogen-bond acceptors (Lipinski definition) is 5. The Kier molecular flexibility index (Phi) is 6.06. The summed E-state index contributed by atoms with van der Waals surface area (Å²) in [7, 11) is -3.65. The van der Waals surface area contributed by atoms with Crippen molar-refractivity contribution < 1.29 is 17.9 Å². The molecule has 0 aliphatic carbocycles. The maximum Gasteiger partial charge on any atom is 0.331 e. The SMILES string of the molecule is N#Cc1cccc(COC(=O)/C=C/c2ccc(S(=O)(=O)N3CCc4ccccc43)cc2)c1. The number of carbonyl (C=O) groups is 1. The van der Waals surface area contributed by atoms with E-state index in [1.54, 1.807) is 42.5 Å². The van der Waals surface area contributed by atoms with Gasteiger partial charge in [0.1, 0.15) is 6.61 Å². The molecule has 0 amide bonds. The first-order valence-corrected chi connectivity index (χ1v) is 11.5. The molecule has 1 heterocycles. The highest BCUT2D eigenvalue weighted by atomic mass is 32.2. The number of fused-ring (bicyclic) bond motifs is 1. The van der Waals surface area contributed by atoms with E-state index in [2.05, 4.69) is 0 Å². The van der Waals surface area contributed by atoms with Crippen LogP contribution in [-0.2, 0) is 32.6 Å². The Morgan fingerprint density at radius 1 is 1.06 bits per heavy atom. The minimum Gasteiger partial charge on any atom is -0.458 e. The van der Waals surface area contributed by atoms with Gasteiger partial charge < -0.3 is 4.74 Å². The zero-order valence-electron chi connectivity index (χ0n) is 17.1. The molecule has 0 spiro atoms. The van der Waals surface area contributed by atoms with E-state index < -0.39 is 16.0 Å². The third-order valence-corrected chi connectivity index (χ3v) is 6.99. The second-order valence-corrected chi connectivity index (χ2v) is 9.14. The Balaban J connectivity index is 1.40. The summed E-state index contributed by atoms with van der Waals surface area (Å²) in [6.07, 6.45) is 3.54. The molecular weight excluding hydrogens is 424 g/mol. The summed E-state index contributed by atoms with van der Waals surface area (Å²) in [6.45, 7) is 0.486. The molecule has 0 saturated heterocycles. The first-order chi connectivity index (χ1) is 15.5. The lowest BCUT2D eigenvalue weighted by atomic mass is 10.1. The molecule has 1 aliphatic rings. The fourth-order valence-electron chi connectivity index (χ4n) is 3.53. The molecule has 7 heteroatoms. The van der Waals surface area contributed by atoms with Crippen LogP contribution < -0.4 is 4.31 Å². The fraction of sp³-hybridized carbons (Fsp3) is 0.120. The number of ether oxygens (including phenoxy) is 1. The number of nitrogens with zero attached hydrogens (tertiary/aromatic N) is 2. The van der Waals surface area contributed by atoms with E-state index in [1.807, 2.05) is 30.3 Å². The minimum atomic E-state index is -3.65. The van der Waals surface area contributed by atoms with Crippen LogP contribution in [0.25, 0.3) is 6.08 Å². The summed E-state index contributed by atoms with van der Waals surface area (Å²) in [6, 6.07) is 22.8. The number of carbonyl (C=O) groups excluding carboxylic acids is 1. The zero-order valence-corrected chi connectivity index (χ0v) is 18.0. The lowest BCUT2D eigenvalue weighted by Crippen LogP contribution is -2.29. The number of para-hydroxylation sites is 1. The molecule has 0 atom stereocenters. The molecular formula is C25H20N2O4S. The van der Waals surface area contributed by atoms with Crippen LogP contribution in [0.2, 0.25) is 0 Å². The minimum absolute atomic E-state index is 0.0627. The van der Waals surface area contributed by atoms with Gasteiger partial charge in [0, 0.05) is 12.6 Å². The number of hydrogen-bond donors (Lipinski definition) is 0. The Hall–Kier alpha value is -3.89. The molecule has 3 aromatic carbocycles. The summed E-state index contributed by atoms with van der Waals surface area (Å²) in [4.78, 5) is 12.2. The Bertz CT molecular complexity index is 1320. The molecule has 0 saturated carbocycles. The number of esters is 1. The molecule has 1 aliphatic heterocycles. The molecule has 0 radical (unpaired) electrons. The molecule has 3 aromatic rings. The zero-order chi connectivity index (χ0) is 22.6. The second kappa shape index (κ2) is 9.08. The fourth-order valence-corrected chi connectivity index (χ4v) is 5.04. The quantitative estimate of drug-likeness (QED) is 0.423. The van der Waals surface area contributed by atoms with Crippen molar-refractivity contribution in [2.75, 3.05) is 10.8 Å². The normalized spacial score (nSPS) is 13.0. The van der Waals surface area contributed by atoms with Crippen molar-refractivity contribution in [2.45, 2.75) is 17.9 Å². The van der Waals surface area contributed by atoms with Crippen molar-refractivity contribution in [3.8, 4) is 6.07 Å². The predicted octanol–water partition coefficient (Wildman–Crippen LogP) is 4.07. The van der Waals surface area contributed by atoms with Crippen molar-refractivity contribution >= 4 is 27.8 Å². The summed E-state index contributed by atoms with van der Waals surface area (Å²) in [5, 5.41) is 8.92. The number of sulfonamides is 1. The van der Waals surface area contributed by atoms with Crippen LogP contribution in [0.4, 0.5) is 5.69 Å². The monoisotopic (exact) mass is 444 g/mol. The highest BCUT2D eigenvalue weighted by molar-refractivity contribution is 7.92. The standard InChI is InChI=1S/C25H20N2O4S/c26-17-20-4-3-5-21(16-20)18-31-25(28)13-10-19-8-11-23(12-9-19)32(29,30)27-15-14-22-6-1-2-7-24(22)27/h1-13,16H,14-15,18H2/b13-10+. The van der Waals surface area contributed by atoms with Crippen LogP contribution in [0.15, 0.2) is 83.8 Å². The summed E-state index contributed by atoms with van der Waals surface area (Å²) >= 11 is 0. The predicted molar refractivity (Wildman–Crippen MR) is 121 cm³/mol. The van der Waals surface area contributed by atoms with Crippen molar-refractivity contribution in [3.63, 3.8) is 0 Å². The number of benzene rings is 3. The molecule has 0 N–H and O–H groups in total. The maximum atomic E-state index is 13.1. The van der Waals surface area contributed by atoms with Crippen molar-refractivity contribution in [2.24, 2.45) is 0 Å². The van der Waals surface area contributed by atoms with Crippen LogP contribution in [0.3, 0.4) is 0 Å². The van der Waals surface area contributed by atoms with Crippen LogP contribution in [0.1, 0.15) is 22.3 Å². The van der Waals surface area contributed by atoms with Gasteiger partial charge in [0.2, 0.25) is 0 Å². The molecule has 4 rings (SSSR count). The summed E-state index contributed by atoms with van der Waals surface area (Å²) < 4.78 is 32.7. The maximum absolute atomic E-state index is 13.1. The van der Waals surface area contributed by atoms with E-state index in [0.717, 1.165) is 16.8 Å². The van der Waals surface area contributed by atoms with Crippen LogP contribution in [-0.4, -0.2) is 20.9 Å². The Labute approximate surface area is 187 Å². The third kappa shape index (κ3) is 4.56. The van der Waals surface area contributed by atoms with Gasteiger partial charge in [-0.3, -0.25) is 4.31 Å². The van der Waals surface area contributed by atoms with E-state index in [4.69, 9.17) is 10.00 Å². The van der Waals surface area contributed by atoms with E-state index in [0.29, 0.717) is 24.1 Å². The van der Waals surface area contributed by atoms with Gasteiger partial charge in [-0.15, -0.1) is 0 Å². The molecule has 6 nitrogen and oxygen atoms in total. The van der Waals surface area contributed by atoms with Crippen molar-refractivity contribution in [1.82, 2.24) is 0 Å². The van der Waals surface area contributed by atoms with E-state index in [1.165, 1.54) is 22.5 Å². The van der Waals surface area contributed by atoms with Crippen molar-refractivity contribution in [1.29, 1.82) is 5.26 Å². The smallest absolute Gasteiger partial charge is 0.331 e. The molecule has 0 fully saturated rings. The van der Waals surface area contributed by atoms with Gasteiger partial charge in [-0.05, 0) is 59.5 Å². The van der Waals surface area contributed by atoms with Crippen LogP contribution in [0.5, 0.6) is 0 Å². The topological polar surface area (TPSA) is 87.5 Å². The van der Waals surface area contributed by atoms with Crippen LogP contribution in [0, 0.1) is 11.3 Å². The van der Waals surface area contributed by atoms with E-state index in [-0.39, 0.29) is 11.5 Å². The average molecular weight is 445 g/mol. The van der Waals surface area contributed by atoms with Crippen molar-refractivity contribution in [3.05, 3.63) is 101 Å². The van der Waals surface area contributed by atoms with Crippen LogP contribution >= 0.6 is 0 Å². The van der Waals surface area contributed by atoms with Gasteiger partial charge in [-0.25, -0.2) is 13.2 Å². The lowest BCUT2D eigenvalue weighted by molar-refractivity contribution is -0.138. The van der Waals surface area contributed by atoms with Gasteiger partial charge in [-0.1, -0.05) is 42.5 Å². The van der Waals surface area contributed by atoms with Gasteiger partial charge in [0.05, 0.1) is 22.2 Å². The average Bonchev–Trinajstić information content (AvgIpc) is 3.27. The summed E-state index contributed by atoms with van der Waals surface area (Å²) in [5.74, 6) is -0.530. The molecule has 0 bridgehead atoms. The Morgan fingerprint density at radius 2 is 1.84 bits per heavy atom. The number of anilines is 1. The van der Waals surface area contributed by atoms with Gasteiger partial charge in [0.15, 0.2) is 0 Å². The number of rotatable bonds is 6. The largest absolute Gasteiger partial charge is 0.458 e. The highest BCUT2D eigenvalue weighted by Crippen LogP contribution is 2.32. The molecule has 0 aromatic heterocycles. The molecule has 160 valence electrons.